The van der Waals surface area contributed by atoms with Crippen LogP contribution in [-0.4, -0.2) is 111 Å². The van der Waals surface area contributed by atoms with Crippen molar-refractivity contribution in [2.75, 3.05) is 67.0 Å². The van der Waals surface area contributed by atoms with Gasteiger partial charge in [-0.1, -0.05) is 87.1 Å². The van der Waals surface area contributed by atoms with Gasteiger partial charge in [0.1, 0.15) is 42.2 Å². The first-order valence-corrected chi connectivity index (χ1v) is 25.6. The van der Waals surface area contributed by atoms with E-state index in [0.717, 1.165) is 54.1 Å². The zero-order valence-corrected chi connectivity index (χ0v) is 43.3. The van der Waals surface area contributed by atoms with Gasteiger partial charge in [-0.25, -0.2) is 9.38 Å². The summed E-state index contributed by atoms with van der Waals surface area (Å²) in [5.74, 6) is 1.98. The lowest BCUT2D eigenvalue weighted by atomic mass is 9.92. The van der Waals surface area contributed by atoms with Crippen LogP contribution in [0.3, 0.4) is 0 Å². The third-order valence-electron chi connectivity index (χ3n) is 10.4. The highest BCUT2D eigenvalue weighted by molar-refractivity contribution is 7.51. The molecule has 0 fully saturated rings. The van der Waals surface area contributed by atoms with Gasteiger partial charge in [-0.2, -0.15) is 4.37 Å². The van der Waals surface area contributed by atoms with Gasteiger partial charge in [0, 0.05) is 37.7 Å². The summed E-state index contributed by atoms with van der Waals surface area (Å²) in [7, 11) is -2.52. The maximum atomic E-state index is 14.5. The average molecular weight is 1070 g/mol. The average Bonchev–Trinajstić information content (AvgIpc) is 3.83. The number of hydrogen-bond acceptors (Lipinski definition) is 12. The molecule has 0 bridgehead atoms. The van der Waals surface area contributed by atoms with E-state index in [4.69, 9.17) is 70.3 Å². The van der Waals surface area contributed by atoms with Crippen LogP contribution in [0.25, 0.3) is 0 Å². The number of aryl methyl sites for hydroxylation is 2. The van der Waals surface area contributed by atoms with Crippen LogP contribution in [0.1, 0.15) is 51.6 Å². The Bertz CT molecular complexity index is 2640. The van der Waals surface area contributed by atoms with Crippen molar-refractivity contribution in [2.45, 2.75) is 71.3 Å². The van der Waals surface area contributed by atoms with Gasteiger partial charge in [0.2, 0.25) is 10.7 Å². The van der Waals surface area contributed by atoms with Crippen LogP contribution in [0.15, 0.2) is 59.6 Å². The van der Waals surface area contributed by atoms with Gasteiger partial charge in [-0.3, -0.25) is 38.9 Å². The lowest BCUT2D eigenvalue weighted by molar-refractivity contribution is -0.136. The number of terminal acetylenes is 1. The monoisotopic (exact) mass is 1070 g/mol. The number of hydrogen-bond donors (Lipinski definition) is 4. The van der Waals surface area contributed by atoms with Gasteiger partial charge >= 0.3 is 13.6 Å². The molecule has 7 rings (SSSR count). The topological polar surface area (TPSA) is 226 Å². The molecular formula is C46H56Cl3FN7O11PS. The molecule has 4 heterocycles. The number of para-hydroxylation sites is 3. The van der Waals surface area contributed by atoms with Crippen molar-refractivity contribution in [3.05, 3.63) is 82.2 Å². The normalized spacial score (nSPS) is 15.5. The van der Waals surface area contributed by atoms with Crippen molar-refractivity contribution < 1.29 is 57.2 Å². The van der Waals surface area contributed by atoms with E-state index in [2.05, 4.69) is 48.3 Å². The van der Waals surface area contributed by atoms with Crippen molar-refractivity contribution in [3.8, 4) is 23.8 Å². The lowest BCUT2D eigenvalue weighted by Crippen LogP contribution is -2.47. The van der Waals surface area contributed by atoms with E-state index >= 15 is 0 Å². The number of alkyl halides is 3. The number of nitrogens with one attached hydrogen (secondary N) is 1. The van der Waals surface area contributed by atoms with Gasteiger partial charge < -0.3 is 38.6 Å². The summed E-state index contributed by atoms with van der Waals surface area (Å²) in [6.45, 7) is 11.3. The minimum Gasteiger partial charge on any atom is -0.489 e. The molecule has 1 atom stereocenters. The number of aromatic nitrogens is 2. The van der Waals surface area contributed by atoms with Crippen molar-refractivity contribution in [1.29, 1.82) is 0 Å². The van der Waals surface area contributed by atoms with E-state index in [1.165, 1.54) is 28.6 Å². The van der Waals surface area contributed by atoms with Gasteiger partial charge in [-0.05, 0) is 54.5 Å². The summed E-state index contributed by atoms with van der Waals surface area (Å²) in [6, 6.07) is 16.1. The molecule has 70 heavy (non-hydrogen) atoms. The standard InChI is InChI=1S/C18H17FN4O2S.C14H20ClNO2.C11H11Cl2NO2.C3H8NO5P/c1-4-5-22-13-7-12(11(19)6-14(13)25-9-16(22)24)20-17-23-10-18(2,3)8-15(23)21-26-17;1-4-11-7-6-8-12(5-2)14(11)16(10-18-3)13(17)9-15;1-7-6-16-9-5-3-2-4-8(9)14(7)11(15)10(12)13;5-3(6)1-4-2-10(7,8)9/h1,6-7H,5,8-10H2,2-3H3;6-8H,4-5,9-10H2,1-3H3;2-5,7,10H,6H2,1H3;4H,1-2H2,(H,5,6)(H2,7,8,9). The first-order chi connectivity index (χ1) is 33.1. The second-order valence-corrected chi connectivity index (χ2v) is 20.2. The molecule has 0 radical (unpaired) electrons. The molecule has 0 aliphatic carbocycles. The number of halogens is 4. The fourth-order valence-electron chi connectivity index (χ4n) is 7.32. The first-order valence-electron chi connectivity index (χ1n) is 21.7. The molecule has 3 aliphatic rings. The van der Waals surface area contributed by atoms with Crippen LogP contribution in [0.2, 0.25) is 0 Å². The molecule has 1 unspecified atom stereocenters. The summed E-state index contributed by atoms with van der Waals surface area (Å²) < 4.78 is 47.0. The Morgan fingerprint density at radius 3 is 2.36 bits per heavy atom. The predicted octanol–water partition coefficient (Wildman–Crippen LogP) is 6.64. The SMILES string of the molecule is C#CCN1C(=O)COc2cc(F)c(N=c3snc4n3CC(C)(C)C4)cc21.CC1COc2ccccc2N1C(=O)C(Cl)Cl.CCc1cccc(CC)c1N(COC)C(=O)CCl.O=C(O)CNCP(=O)(O)O. The van der Waals surface area contributed by atoms with E-state index in [1.807, 2.05) is 54.0 Å². The second-order valence-electron chi connectivity index (χ2n) is 16.4. The van der Waals surface area contributed by atoms with Gasteiger partial charge in [0.15, 0.2) is 17.3 Å². The lowest BCUT2D eigenvalue weighted by Gasteiger charge is -2.35. The third-order valence-corrected chi connectivity index (χ3v) is 12.4. The minimum absolute atomic E-state index is 0.0371. The highest BCUT2D eigenvalue weighted by Crippen LogP contribution is 2.38. The summed E-state index contributed by atoms with van der Waals surface area (Å²) in [4.78, 5) is 70.7. The molecule has 4 aromatic rings. The number of carboxylic acids is 1. The fourth-order valence-corrected chi connectivity index (χ4v) is 8.84. The zero-order chi connectivity index (χ0) is 51.9. The van der Waals surface area contributed by atoms with Crippen LogP contribution in [0.5, 0.6) is 11.5 Å². The molecule has 4 N–H and O–H groups in total. The van der Waals surface area contributed by atoms with Crippen molar-refractivity contribution in [2.24, 2.45) is 10.4 Å². The Kier molecular flexibility index (Phi) is 21.7. The van der Waals surface area contributed by atoms with E-state index < -0.39 is 37.0 Å². The number of ether oxygens (including phenoxy) is 3. The fraction of sp³-hybridized carbons (Fsp3) is 0.435. The number of methoxy groups -OCH3 is 1. The third kappa shape index (κ3) is 15.7. The quantitative estimate of drug-likeness (QED) is 0.0477. The van der Waals surface area contributed by atoms with Crippen LogP contribution >= 0.6 is 53.9 Å². The van der Waals surface area contributed by atoms with Crippen LogP contribution in [0, 0.1) is 23.6 Å². The molecule has 0 spiro atoms. The maximum absolute atomic E-state index is 14.5. The van der Waals surface area contributed by atoms with E-state index in [9.17, 15) is 28.1 Å². The first kappa shape index (κ1) is 57.5. The molecular weight excluding hydrogens is 1010 g/mol. The van der Waals surface area contributed by atoms with E-state index in [1.54, 1.807) is 16.9 Å². The van der Waals surface area contributed by atoms with E-state index in [0.29, 0.717) is 28.6 Å². The van der Waals surface area contributed by atoms with Crippen LogP contribution in [0.4, 0.5) is 27.1 Å². The predicted molar refractivity (Wildman–Crippen MR) is 268 cm³/mol. The number of anilines is 3. The number of carbonyl (C=O) groups is 4. The summed E-state index contributed by atoms with van der Waals surface area (Å²) >= 11 is 18.2. The van der Waals surface area contributed by atoms with Crippen LogP contribution < -0.4 is 34.3 Å². The number of benzene rings is 3. The Labute approximate surface area is 424 Å². The molecule has 1 aromatic heterocycles. The number of amides is 3. The molecule has 3 aliphatic heterocycles. The molecule has 0 saturated heterocycles. The highest BCUT2D eigenvalue weighted by atomic mass is 35.5. The zero-order valence-electron chi connectivity index (χ0n) is 39.4. The summed E-state index contributed by atoms with van der Waals surface area (Å²) in [6.07, 6.45) is 7.37. The summed E-state index contributed by atoms with van der Waals surface area (Å²) in [5.41, 5.74) is 4.64. The van der Waals surface area contributed by atoms with Crippen molar-refractivity contribution >= 4 is 100 Å². The number of rotatable bonds is 13. The molecule has 18 nitrogen and oxygen atoms in total. The van der Waals surface area contributed by atoms with Gasteiger partial charge in [-0.15, -0.1) is 18.0 Å². The van der Waals surface area contributed by atoms with Crippen molar-refractivity contribution in [1.82, 2.24) is 14.3 Å². The number of carbonyl (C=O) groups excluding carboxylic acids is 3. The summed E-state index contributed by atoms with van der Waals surface area (Å²) in [5, 5.41) is 10.1. The largest absolute Gasteiger partial charge is 0.489 e. The Morgan fingerprint density at radius 2 is 1.77 bits per heavy atom. The molecule has 380 valence electrons. The molecule has 3 amide bonds. The Morgan fingerprint density at radius 1 is 1.10 bits per heavy atom. The Balaban J connectivity index is 0.000000215. The maximum Gasteiger partial charge on any atom is 0.339 e. The minimum atomic E-state index is -4.10. The van der Waals surface area contributed by atoms with Gasteiger partial charge in [0.05, 0.1) is 42.5 Å². The smallest absolute Gasteiger partial charge is 0.339 e. The highest BCUT2D eigenvalue weighted by Gasteiger charge is 2.33. The van der Waals surface area contributed by atoms with Crippen LogP contribution in [-0.2, 0) is 54.3 Å². The number of fused-ring (bicyclic) bond motifs is 3. The Hall–Kier alpha value is -5.07. The number of nitrogens with zero attached hydrogens (tertiary/aromatic N) is 6. The van der Waals surface area contributed by atoms with Crippen molar-refractivity contribution in [3.63, 3.8) is 0 Å². The number of aliphatic carboxylic acids is 1. The molecule has 3 aromatic carbocycles. The van der Waals surface area contributed by atoms with E-state index in [-0.39, 0.29) is 60.6 Å². The van der Waals surface area contributed by atoms with Gasteiger partial charge in [0.25, 0.3) is 11.8 Å². The molecule has 0 saturated carbocycles. The number of carboxylic acid groups (broad SMARTS) is 1. The second kappa shape index (κ2) is 26.4. The molecule has 24 heteroatoms.